The smallest absolute Gasteiger partial charge is 0.255 e. The molecule has 0 amide bonds. The number of aryl methyl sites for hydroxylation is 2. The molecule has 0 bridgehead atoms. The van der Waals surface area contributed by atoms with Crippen molar-refractivity contribution in [3.8, 4) is 28.3 Å². The van der Waals surface area contributed by atoms with Crippen molar-refractivity contribution < 1.29 is 27.8 Å². The largest absolute Gasteiger partial charge is 0.440 e. The third-order valence-electron chi connectivity index (χ3n) is 6.55. The number of pyridine rings is 1. The van der Waals surface area contributed by atoms with Gasteiger partial charge in [0, 0.05) is 29.8 Å². The van der Waals surface area contributed by atoms with Crippen LogP contribution in [0.15, 0.2) is 57.9 Å². The van der Waals surface area contributed by atoms with Crippen LogP contribution in [0.4, 0.5) is 13.2 Å². The van der Waals surface area contributed by atoms with E-state index in [0.717, 1.165) is 12.1 Å². The van der Waals surface area contributed by atoms with Crippen molar-refractivity contribution in [2.24, 2.45) is 0 Å². The maximum Gasteiger partial charge on any atom is 0.255 e. The average molecular weight is 496 g/mol. The predicted molar refractivity (Wildman–Crippen MR) is 126 cm³/mol. The Hall–Kier alpha value is -3.69. The molecule has 0 unspecified atom stereocenters. The molecule has 2 aromatic heterocycles. The van der Waals surface area contributed by atoms with Crippen LogP contribution in [0, 0.1) is 31.3 Å². The lowest BCUT2D eigenvalue weighted by Crippen LogP contribution is -2.18. The zero-order valence-corrected chi connectivity index (χ0v) is 19.5. The van der Waals surface area contributed by atoms with E-state index in [9.17, 15) is 28.2 Å². The molecule has 2 heterocycles. The number of halogens is 3. The molecule has 0 spiro atoms. The quantitative estimate of drug-likeness (QED) is 0.424. The number of aliphatic hydroxyl groups is 2. The van der Waals surface area contributed by atoms with Gasteiger partial charge in [-0.1, -0.05) is 0 Å². The Balaban J connectivity index is 1.70. The van der Waals surface area contributed by atoms with E-state index in [1.54, 1.807) is 13.8 Å². The number of aromatic nitrogens is 2. The lowest BCUT2D eigenvalue weighted by molar-refractivity contribution is 0.0438. The van der Waals surface area contributed by atoms with Crippen LogP contribution in [-0.2, 0) is 0 Å². The van der Waals surface area contributed by atoms with Crippen molar-refractivity contribution in [2.45, 2.75) is 44.8 Å². The maximum atomic E-state index is 14.8. The molecule has 2 N–H and O–H groups in total. The summed E-state index contributed by atoms with van der Waals surface area (Å²) in [5.41, 5.74) is 1.82. The molecular formula is C27H23F3N2O4. The highest BCUT2D eigenvalue weighted by atomic mass is 19.1. The number of rotatable bonds is 4. The van der Waals surface area contributed by atoms with Gasteiger partial charge in [-0.15, -0.1) is 0 Å². The Morgan fingerprint density at radius 3 is 2.25 bits per heavy atom. The highest BCUT2D eigenvalue weighted by Crippen LogP contribution is 2.41. The zero-order chi connectivity index (χ0) is 25.7. The number of hydrogen-bond acceptors (Lipinski definition) is 5. The van der Waals surface area contributed by atoms with Crippen molar-refractivity contribution in [3.05, 3.63) is 93.5 Å². The van der Waals surface area contributed by atoms with Crippen LogP contribution in [0.25, 0.3) is 28.3 Å². The topological polar surface area (TPSA) is 88.5 Å². The van der Waals surface area contributed by atoms with E-state index in [1.807, 2.05) is 0 Å². The Morgan fingerprint density at radius 1 is 0.944 bits per heavy atom. The zero-order valence-electron chi connectivity index (χ0n) is 19.5. The fraction of sp³-hybridized carbons (Fsp3) is 0.259. The van der Waals surface area contributed by atoms with E-state index >= 15 is 0 Å². The lowest BCUT2D eigenvalue weighted by Gasteiger charge is -2.14. The molecule has 0 radical (unpaired) electrons. The molecule has 9 heteroatoms. The minimum absolute atomic E-state index is 0.0242. The fourth-order valence-electron chi connectivity index (χ4n) is 4.84. The Bertz CT molecular complexity index is 1490. The minimum atomic E-state index is -0.942. The minimum Gasteiger partial charge on any atom is -0.440 e. The van der Waals surface area contributed by atoms with Crippen LogP contribution < -0.4 is 5.56 Å². The van der Waals surface area contributed by atoms with Gasteiger partial charge in [0.05, 0.1) is 23.5 Å². The Kier molecular flexibility index (Phi) is 6.05. The average Bonchev–Trinajstić information content (AvgIpc) is 3.38. The van der Waals surface area contributed by atoms with Gasteiger partial charge < -0.3 is 14.6 Å². The van der Waals surface area contributed by atoms with Crippen LogP contribution in [0.2, 0.25) is 0 Å². The van der Waals surface area contributed by atoms with Crippen molar-refractivity contribution in [1.29, 1.82) is 0 Å². The summed E-state index contributed by atoms with van der Waals surface area (Å²) in [7, 11) is 0. The van der Waals surface area contributed by atoms with Gasteiger partial charge in [-0.25, -0.2) is 18.2 Å². The van der Waals surface area contributed by atoms with Gasteiger partial charge in [-0.3, -0.25) is 9.36 Å². The predicted octanol–water partition coefficient (Wildman–Crippen LogP) is 4.79. The first-order valence-corrected chi connectivity index (χ1v) is 11.4. The highest BCUT2D eigenvalue weighted by molar-refractivity contribution is 5.77. The van der Waals surface area contributed by atoms with Gasteiger partial charge in [0.2, 0.25) is 0 Å². The lowest BCUT2D eigenvalue weighted by atomic mass is 10.1. The van der Waals surface area contributed by atoms with Crippen LogP contribution in [0.1, 0.15) is 35.8 Å². The molecule has 6 nitrogen and oxygen atoms in total. The number of aliphatic hydroxyl groups excluding tert-OH is 2. The molecule has 3 atom stereocenters. The van der Waals surface area contributed by atoms with E-state index in [-0.39, 0.29) is 41.3 Å². The molecule has 1 saturated carbocycles. The van der Waals surface area contributed by atoms with Gasteiger partial charge in [0.15, 0.2) is 11.7 Å². The summed E-state index contributed by atoms with van der Waals surface area (Å²) in [6, 6.07) is 8.55. The summed E-state index contributed by atoms with van der Waals surface area (Å²) in [5.74, 6) is -2.24. The van der Waals surface area contributed by atoms with Crippen LogP contribution in [0.3, 0.4) is 0 Å². The molecule has 36 heavy (non-hydrogen) atoms. The van der Waals surface area contributed by atoms with Crippen molar-refractivity contribution in [2.75, 3.05) is 0 Å². The standard InChI is InChI=1S/C27H23F3N2O4/c1-13-7-18(29)8-14(2)25(13)32-12-15(3-6-23(32)35)24-26(19-5-4-17(28)11-20(19)30)36-27(31-24)16-9-21(33)22(34)10-16/h3-8,11-12,16,21-22,33-34H,9-10H2,1-2H3/t16-,21-,22+. The summed E-state index contributed by atoms with van der Waals surface area (Å²) >= 11 is 0. The fourth-order valence-corrected chi connectivity index (χ4v) is 4.84. The normalized spacial score (nSPS) is 19.7. The molecule has 1 fully saturated rings. The number of oxazole rings is 1. The summed E-state index contributed by atoms with van der Waals surface area (Å²) < 4.78 is 49.6. The second kappa shape index (κ2) is 9.07. The molecular weight excluding hydrogens is 473 g/mol. The SMILES string of the molecule is Cc1cc(F)cc(C)c1-n1cc(-c2nc([C@@H]3C[C@@H](O)[C@@H](O)C3)oc2-c2ccc(F)cc2F)ccc1=O. The number of hydrogen-bond donors (Lipinski definition) is 2. The Morgan fingerprint density at radius 2 is 1.61 bits per heavy atom. The molecule has 186 valence electrons. The number of benzene rings is 2. The van der Waals surface area contributed by atoms with E-state index in [1.165, 1.54) is 41.1 Å². The van der Waals surface area contributed by atoms with Crippen LogP contribution in [0.5, 0.6) is 0 Å². The molecule has 0 aliphatic heterocycles. The molecule has 2 aromatic carbocycles. The van der Waals surface area contributed by atoms with Gasteiger partial charge >= 0.3 is 0 Å². The van der Waals surface area contributed by atoms with Gasteiger partial charge in [0.1, 0.15) is 23.1 Å². The first-order valence-electron chi connectivity index (χ1n) is 11.4. The third kappa shape index (κ3) is 4.25. The first-order chi connectivity index (χ1) is 17.1. The van der Waals surface area contributed by atoms with Gasteiger partial charge in [-0.05, 0) is 68.1 Å². The van der Waals surface area contributed by atoms with Crippen LogP contribution in [-0.4, -0.2) is 32.0 Å². The van der Waals surface area contributed by atoms with E-state index < -0.39 is 35.6 Å². The van der Waals surface area contributed by atoms with Crippen molar-refractivity contribution in [3.63, 3.8) is 0 Å². The third-order valence-corrected chi connectivity index (χ3v) is 6.55. The van der Waals surface area contributed by atoms with E-state index in [4.69, 9.17) is 4.42 Å². The summed E-state index contributed by atoms with van der Waals surface area (Å²) in [6.07, 6.45) is 0.0470. The molecule has 5 rings (SSSR count). The van der Waals surface area contributed by atoms with Gasteiger partial charge in [-0.2, -0.15) is 0 Å². The first kappa shape index (κ1) is 24.0. The summed E-state index contributed by atoms with van der Waals surface area (Å²) in [4.78, 5) is 17.4. The van der Waals surface area contributed by atoms with E-state index in [0.29, 0.717) is 22.4 Å². The monoisotopic (exact) mass is 496 g/mol. The maximum absolute atomic E-state index is 14.8. The molecule has 0 saturated heterocycles. The van der Waals surface area contributed by atoms with Crippen molar-refractivity contribution in [1.82, 2.24) is 9.55 Å². The van der Waals surface area contributed by atoms with Crippen molar-refractivity contribution >= 4 is 0 Å². The molecule has 1 aliphatic carbocycles. The summed E-state index contributed by atoms with van der Waals surface area (Å²) in [6.45, 7) is 3.38. The second-order valence-corrected chi connectivity index (χ2v) is 9.17. The summed E-state index contributed by atoms with van der Waals surface area (Å²) in [5, 5.41) is 20.0. The van der Waals surface area contributed by atoms with Crippen LogP contribution >= 0.6 is 0 Å². The highest BCUT2D eigenvalue weighted by Gasteiger charge is 2.36. The molecule has 1 aliphatic rings. The molecule has 4 aromatic rings. The second-order valence-electron chi connectivity index (χ2n) is 9.17. The Labute approximate surface area is 204 Å². The number of nitrogens with zero attached hydrogens (tertiary/aromatic N) is 2. The van der Waals surface area contributed by atoms with E-state index in [2.05, 4.69) is 4.98 Å². The van der Waals surface area contributed by atoms with Gasteiger partial charge in [0.25, 0.3) is 5.56 Å².